The van der Waals surface area contributed by atoms with E-state index in [4.69, 9.17) is 0 Å². The molecule has 5 nitrogen and oxygen atoms in total. The SMILES string of the molecule is CN=C(NCc1ccc(-n2ccnc2C)c(F)c1)NC1CCCC1.I. The highest BCUT2D eigenvalue weighted by Gasteiger charge is 2.16. The number of imidazole rings is 1. The fourth-order valence-electron chi connectivity index (χ4n) is 3.13. The number of aromatic nitrogens is 2. The van der Waals surface area contributed by atoms with Crippen molar-refractivity contribution >= 4 is 29.9 Å². The monoisotopic (exact) mass is 457 g/mol. The van der Waals surface area contributed by atoms with Crippen molar-refractivity contribution < 1.29 is 4.39 Å². The van der Waals surface area contributed by atoms with Gasteiger partial charge in [-0.1, -0.05) is 18.9 Å². The maximum absolute atomic E-state index is 14.4. The van der Waals surface area contributed by atoms with Crippen molar-refractivity contribution in [1.29, 1.82) is 0 Å². The average molecular weight is 457 g/mol. The molecule has 2 N–H and O–H groups in total. The molecule has 0 aliphatic heterocycles. The summed E-state index contributed by atoms with van der Waals surface area (Å²) in [7, 11) is 1.76. The van der Waals surface area contributed by atoms with Gasteiger partial charge in [0.25, 0.3) is 0 Å². The second-order valence-corrected chi connectivity index (χ2v) is 6.18. The van der Waals surface area contributed by atoms with Crippen LogP contribution in [0.2, 0.25) is 0 Å². The maximum Gasteiger partial charge on any atom is 0.191 e. The van der Waals surface area contributed by atoms with Gasteiger partial charge in [0.15, 0.2) is 5.96 Å². The molecule has 25 heavy (non-hydrogen) atoms. The number of aryl methyl sites for hydroxylation is 1. The smallest absolute Gasteiger partial charge is 0.191 e. The van der Waals surface area contributed by atoms with Crippen LogP contribution in [0.15, 0.2) is 35.6 Å². The minimum Gasteiger partial charge on any atom is -0.354 e. The van der Waals surface area contributed by atoms with Crippen LogP contribution in [0, 0.1) is 12.7 Å². The Morgan fingerprint density at radius 1 is 1.36 bits per heavy atom. The largest absolute Gasteiger partial charge is 0.354 e. The molecule has 136 valence electrons. The lowest BCUT2D eigenvalue weighted by Crippen LogP contribution is -2.41. The van der Waals surface area contributed by atoms with Gasteiger partial charge in [-0.25, -0.2) is 9.37 Å². The number of halogens is 2. The maximum atomic E-state index is 14.4. The highest BCUT2D eigenvalue weighted by molar-refractivity contribution is 14.0. The van der Waals surface area contributed by atoms with Crippen molar-refractivity contribution in [3.05, 3.63) is 47.8 Å². The summed E-state index contributed by atoms with van der Waals surface area (Å²) in [5.41, 5.74) is 1.39. The van der Waals surface area contributed by atoms with Gasteiger partial charge in [0.05, 0.1) is 5.69 Å². The Morgan fingerprint density at radius 2 is 2.12 bits per heavy atom. The van der Waals surface area contributed by atoms with E-state index in [2.05, 4.69) is 20.6 Å². The van der Waals surface area contributed by atoms with Crippen LogP contribution in [0.3, 0.4) is 0 Å². The van der Waals surface area contributed by atoms with Gasteiger partial charge in [-0.2, -0.15) is 0 Å². The van der Waals surface area contributed by atoms with Crippen molar-refractivity contribution in [2.24, 2.45) is 4.99 Å². The molecule has 0 bridgehead atoms. The van der Waals surface area contributed by atoms with E-state index in [0.717, 1.165) is 17.3 Å². The van der Waals surface area contributed by atoms with E-state index in [1.807, 2.05) is 13.0 Å². The Labute approximate surface area is 165 Å². The number of benzene rings is 1. The lowest BCUT2D eigenvalue weighted by Gasteiger charge is -2.17. The topological polar surface area (TPSA) is 54.2 Å². The second kappa shape index (κ2) is 9.17. The molecule has 1 aromatic heterocycles. The molecule has 7 heteroatoms. The van der Waals surface area contributed by atoms with E-state index in [9.17, 15) is 4.39 Å². The van der Waals surface area contributed by atoms with E-state index in [1.165, 1.54) is 25.7 Å². The Bertz CT molecular complexity index is 722. The van der Waals surface area contributed by atoms with Crippen molar-refractivity contribution in [3.63, 3.8) is 0 Å². The molecule has 1 fully saturated rings. The number of rotatable bonds is 4. The fraction of sp³-hybridized carbons (Fsp3) is 0.444. The van der Waals surface area contributed by atoms with Gasteiger partial charge in [0, 0.05) is 32.0 Å². The Balaban J connectivity index is 0.00000225. The van der Waals surface area contributed by atoms with Gasteiger partial charge in [-0.3, -0.25) is 4.99 Å². The molecule has 1 saturated carbocycles. The predicted octanol–water partition coefficient (Wildman–Crippen LogP) is 3.55. The summed E-state index contributed by atoms with van der Waals surface area (Å²) >= 11 is 0. The third kappa shape index (κ3) is 4.93. The van der Waals surface area contributed by atoms with Gasteiger partial charge >= 0.3 is 0 Å². The summed E-state index contributed by atoms with van der Waals surface area (Å²) in [6, 6.07) is 5.77. The molecule has 0 atom stereocenters. The number of nitrogens with one attached hydrogen (secondary N) is 2. The van der Waals surface area contributed by atoms with Crippen LogP contribution in [0.4, 0.5) is 4.39 Å². The van der Waals surface area contributed by atoms with Crippen LogP contribution in [-0.2, 0) is 6.54 Å². The highest BCUT2D eigenvalue weighted by atomic mass is 127. The third-order valence-electron chi connectivity index (χ3n) is 4.48. The first-order valence-corrected chi connectivity index (χ1v) is 8.43. The normalized spacial score (nSPS) is 15.1. The first-order chi connectivity index (χ1) is 11.7. The Morgan fingerprint density at radius 3 is 2.72 bits per heavy atom. The van der Waals surface area contributed by atoms with E-state index < -0.39 is 0 Å². The van der Waals surface area contributed by atoms with Crippen molar-refractivity contribution in [3.8, 4) is 5.69 Å². The van der Waals surface area contributed by atoms with Gasteiger partial charge < -0.3 is 15.2 Å². The van der Waals surface area contributed by atoms with Gasteiger partial charge in [0.2, 0.25) is 0 Å². The van der Waals surface area contributed by atoms with E-state index in [0.29, 0.717) is 18.3 Å². The van der Waals surface area contributed by atoms with Crippen LogP contribution in [-0.4, -0.2) is 28.6 Å². The van der Waals surface area contributed by atoms with E-state index in [1.54, 1.807) is 36.1 Å². The fourth-order valence-corrected chi connectivity index (χ4v) is 3.13. The zero-order valence-electron chi connectivity index (χ0n) is 14.6. The molecule has 0 unspecified atom stereocenters. The average Bonchev–Trinajstić information content (AvgIpc) is 3.23. The molecule has 3 rings (SSSR count). The number of nitrogens with zero attached hydrogens (tertiary/aromatic N) is 3. The van der Waals surface area contributed by atoms with E-state index >= 15 is 0 Å². The van der Waals surface area contributed by atoms with Crippen LogP contribution in [0.25, 0.3) is 5.69 Å². The van der Waals surface area contributed by atoms with Crippen LogP contribution in [0.5, 0.6) is 0 Å². The number of aliphatic imine (C=N–C) groups is 1. The van der Waals surface area contributed by atoms with Gasteiger partial charge in [0.1, 0.15) is 11.6 Å². The molecule has 0 radical (unpaired) electrons. The highest BCUT2D eigenvalue weighted by Crippen LogP contribution is 2.18. The Kier molecular flexibility index (Phi) is 7.22. The molecule has 0 spiro atoms. The lowest BCUT2D eigenvalue weighted by atomic mass is 10.2. The zero-order valence-corrected chi connectivity index (χ0v) is 17.0. The van der Waals surface area contributed by atoms with Crippen molar-refractivity contribution in [2.75, 3.05) is 7.05 Å². The molecule has 2 aromatic rings. The first-order valence-electron chi connectivity index (χ1n) is 8.43. The molecule has 0 saturated heterocycles. The predicted molar refractivity (Wildman–Crippen MR) is 109 cm³/mol. The molecule has 1 aliphatic carbocycles. The summed E-state index contributed by atoms with van der Waals surface area (Å²) in [6.07, 6.45) is 8.36. The lowest BCUT2D eigenvalue weighted by molar-refractivity contribution is 0.607. The minimum absolute atomic E-state index is 0. The standard InChI is InChI=1S/C18H24FN5.HI/c1-13-21-9-10-24(13)17-8-7-14(11-16(17)19)12-22-18(20-2)23-15-5-3-4-6-15;/h7-11,15H,3-6,12H2,1-2H3,(H2,20,22,23);1H. The summed E-state index contributed by atoms with van der Waals surface area (Å²) in [4.78, 5) is 8.38. The summed E-state index contributed by atoms with van der Waals surface area (Å²) < 4.78 is 16.1. The molecular formula is C18H25FIN5. The minimum atomic E-state index is -0.255. The molecular weight excluding hydrogens is 432 g/mol. The van der Waals surface area contributed by atoms with Crippen LogP contribution < -0.4 is 10.6 Å². The summed E-state index contributed by atoms with van der Waals surface area (Å²) in [5, 5.41) is 6.68. The summed E-state index contributed by atoms with van der Waals surface area (Å²) in [5.74, 6) is 1.28. The van der Waals surface area contributed by atoms with Crippen LogP contribution in [0.1, 0.15) is 37.1 Å². The molecule has 1 aliphatic rings. The Hall–Kier alpha value is -1.64. The van der Waals surface area contributed by atoms with Gasteiger partial charge in [-0.05, 0) is 37.5 Å². The van der Waals surface area contributed by atoms with Crippen LogP contribution >= 0.6 is 24.0 Å². The second-order valence-electron chi connectivity index (χ2n) is 6.18. The van der Waals surface area contributed by atoms with E-state index in [-0.39, 0.29) is 29.8 Å². The quantitative estimate of drug-likeness (QED) is 0.420. The molecule has 0 amide bonds. The molecule has 1 aromatic carbocycles. The summed E-state index contributed by atoms with van der Waals surface area (Å²) in [6.45, 7) is 2.39. The van der Waals surface area contributed by atoms with Crippen molar-refractivity contribution in [1.82, 2.24) is 20.2 Å². The van der Waals surface area contributed by atoms with Crippen molar-refractivity contribution in [2.45, 2.75) is 45.2 Å². The number of hydrogen-bond donors (Lipinski definition) is 2. The first kappa shape index (κ1) is 19.7. The third-order valence-corrected chi connectivity index (χ3v) is 4.48. The zero-order chi connectivity index (χ0) is 16.9. The number of hydrogen-bond acceptors (Lipinski definition) is 2. The van der Waals surface area contributed by atoms with Gasteiger partial charge in [-0.15, -0.1) is 24.0 Å². The number of guanidine groups is 1. The molecule has 1 heterocycles.